The molecule has 0 amide bonds. The number of hydrogen-bond acceptors (Lipinski definition) is 2. The van der Waals surface area contributed by atoms with Crippen LogP contribution in [0.25, 0.3) is 11.1 Å². The van der Waals surface area contributed by atoms with Gasteiger partial charge in [0.25, 0.3) is 0 Å². The summed E-state index contributed by atoms with van der Waals surface area (Å²) >= 11 is 6.93. The van der Waals surface area contributed by atoms with Crippen molar-refractivity contribution in [2.45, 2.75) is 0 Å². The van der Waals surface area contributed by atoms with E-state index in [1.165, 1.54) is 24.3 Å². The summed E-state index contributed by atoms with van der Waals surface area (Å²) in [6.45, 7) is 0. The average molecular weight is 257 g/mol. The summed E-state index contributed by atoms with van der Waals surface area (Å²) in [6, 6.07) is 5.62. The van der Waals surface area contributed by atoms with Crippen LogP contribution in [0.2, 0.25) is 4.34 Å². The van der Waals surface area contributed by atoms with Crippen LogP contribution >= 0.6 is 22.9 Å². The molecule has 0 aliphatic carbocycles. The van der Waals surface area contributed by atoms with Crippen LogP contribution < -0.4 is 0 Å². The van der Waals surface area contributed by atoms with Gasteiger partial charge in [-0.05, 0) is 17.7 Å². The molecule has 0 unspecified atom stereocenters. The first-order chi connectivity index (χ1) is 7.59. The van der Waals surface area contributed by atoms with Gasteiger partial charge in [-0.2, -0.15) is 0 Å². The van der Waals surface area contributed by atoms with Gasteiger partial charge in [-0.25, -0.2) is 9.18 Å². The highest BCUT2D eigenvalue weighted by atomic mass is 35.5. The lowest BCUT2D eigenvalue weighted by Gasteiger charge is -2.00. The number of rotatable bonds is 2. The summed E-state index contributed by atoms with van der Waals surface area (Å²) in [5.41, 5.74) is 1.22. The summed E-state index contributed by atoms with van der Waals surface area (Å²) in [5, 5.41) is 10.7. The van der Waals surface area contributed by atoms with Crippen molar-refractivity contribution in [2.75, 3.05) is 0 Å². The fourth-order valence-corrected chi connectivity index (χ4v) is 2.48. The first kappa shape index (κ1) is 11.1. The number of thiophene rings is 1. The van der Waals surface area contributed by atoms with Gasteiger partial charge >= 0.3 is 5.97 Å². The van der Waals surface area contributed by atoms with Gasteiger partial charge in [0, 0.05) is 10.9 Å². The van der Waals surface area contributed by atoms with E-state index in [-0.39, 0.29) is 15.7 Å². The third-order valence-electron chi connectivity index (χ3n) is 2.12. The topological polar surface area (TPSA) is 37.3 Å². The lowest BCUT2D eigenvalue weighted by molar-refractivity contribution is 0.0698. The lowest BCUT2D eigenvalue weighted by atomic mass is 10.1. The molecule has 0 bridgehead atoms. The zero-order valence-electron chi connectivity index (χ0n) is 7.91. The van der Waals surface area contributed by atoms with E-state index in [0.717, 1.165) is 11.3 Å². The molecule has 1 N–H and O–H groups in total. The first-order valence-electron chi connectivity index (χ1n) is 4.36. The van der Waals surface area contributed by atoms with Crippen LogP contribution in [0.15, 0.2) is 29.6 Å². The minimum Gasteiger partial charge on any atom is -0.478 e. The van der Waals surface area contributed by atoms with E-state index in [9.17, 15) is 9.18 Å². The predicted molar refractivity (Wildman–Crippen MR) is 61.7 cm³/mol. The van der Waals surface area contributed by atoms with Crippen molar-refractivity contribution in [1.29, 1.82) is 0 Å². The van der Waals surface area contributed by atoms with Gasteiger partial charge in [-0.1, -0.05) is 23.7 Å². The van der Waals surface area contributed by atoms with Crippen LogP contribution in [0.4, 0.5) is 4.39 Å². The van der Waals surface area contributed by atoms with Crippen molar-refractivity contribution in [2.24, 2.45) is 0 Å². The molecule has 0 saturated carbocycles. The molecule has 0 atom stereocenters. The van der Waals surface area contributed by atoms with E-state index in [0.29, 0.717) is 11.1 Å². The summed E-state index contributed by atoms with van der Waals surface area (Å²) in [7, 11) is 0. The third kappa shape index (κ3) is 1.94. The predicted octanol–water partition coefficient (Wildman–Crippen LogP) is 3.91. The number of carbonyl (C=O) groups is 1. The molecule has 0 saturated heterocycles. The summed E-state index contributed by atoms with van der Waals surface area (Å²) in [4.78, 5) is 11.0. The minimum absolute atomic E-state index is 0.0678. The fraction of sp³-hybridized carbons (Fsp3) is 0. The highest BCUT2D eigenvalue weighted by Gasteiger charge is 2.17. The van der Waals surface area contributed by atoms with Gasteiger partial charge in [-0.3, -0.25) is 0 Å². The second-order valence-electron chi connectivity index (χ2n) is 3.11. The first-order valence-corrected chi connectivity index (χ1v) is 5.61. The highest BCUT2D eigenvalue weighted by molar-refractivity contribution is 7.15. The van der Waals surface area contributed by atoms with Gasteiger partial charge in [0.05, 0.1) is 5.56 Å². The molecule has 5 heteroatoms. The molecule has 0 aliphatic heterocycles. The van der Waals surface area contributed by atoms with Crippen molar-refractivity contribution >= 4 is 28.9 Å². The Morgan fingerprint density at radius 2 is 1.94 bits per heavy atom. The summed E-state index contributed by atoms with van der Waals surface area (Å²) in [6.07, 6.45) is 0. The molecule has 2 rings (SSSR count). The van der Waals surface area contributed by atoms with E-state index in [1.807, 2.05) is 0 Å². The minimum atomic E-state index is -1.08. The van der Waals surface area contributed by atoms with Crippen LogP contribution in [0.5, 0.6) is 0 Å². The molecule has 0 radical (unpaired) electrons. The number of halogens is 2. The number of aromatic carboxylic acids is 1. The highest BCUT2D eigenvalue weighted by Crippen LogP contribution is 2.34. The number of hydrogen-bond donors (Lipinski definition) is 1. The largest absolute Gasteiger partial charge is 0.478 e. The molecule has 0 spiro atoms. The van der Waals surface area contributed by atoms with E-state index in [1.54, 1.807) is 5.38 Å². The normalized spacial score (nSPS) is 10.4. The second kappa shape index (κ2) is 4.23. The van der Waals surface area contributed by atoms with E-state index in [2.05, 4.69) is 0 Å². The molecule has 2 aromatic rings. The van der Waals surface area contributed by atoms with Gasteiger partial charge in [0.2, 0.25) is 0 Å². The Hall–Kier alpha value is -1.39. The van der Waals surface area contributed by atoms with Crippen molar-refractivity contribution in [3.05, 3.63) is 45.4 Å². The quantitative estimate of drug-likeness (QED) is 0.885. The Morgan fingerprint density at radius 1 is 1.31 bits per heavy atom. The Labute approximate surface area is 99.9 Å². The molecule has 0 fully saturated rings. The molecule has 82 valence electrons. The standard InChI is InChI=1S/C11H6ClFO2S/c12-10-9(11(14)15)8(5-16-10)6-1-3-7(13)4-2-6/h1-5H,(H,14,15). The summed E-state index contributed by atoms with van der Waals surface area (Å²) < 4.78 is 13.0. The Morgan fingerprint density at radius 3 is 2.50 bits per heavy atom. The maximum Gasteiger partial charge on any atom is 0.338 e. The van der Waals surface area contributed by atoms with Crippen LogP contribution in [-0.4, -0.2) is 11.1 Å². The maximum absolute atomic E-state index is 12.7. The van der Waals surface area contributed by atoms with E-state index in [4.69, 9.17) is 16.7 Å². The fourth-order valence-electron chi connectivity index (χ4n) is 1.38. The Kier molecular flexibility index (Phi) is 2.94. The number of carboxylic acid groups (broad SMARTS) is 1. The molecule has 1 aromatic carbocycles. The number of benzene rings is 1. The van der Waals surface area contributed by atoms with Crippen LogP contribution in [0, 0.1) is 5.82 Å². The molecule has 16 heavy (non-hydrogen) atoms. The Balaban J connectivity index is 2.56. The maximum atomic E-state index is 12.7. The molecule has 1 heterocycles. The average Bonchev–Trinajstić information content (AvgIpc) is 2.61. The van der Waals surface area contributed by atoms with Crippen LogP contribution in [-0.2, 0) is 0 Å². The summed E-state index contributed by atoms with van der Waals surface area (Å²) in [5.74, 6) is -1.44. The monoisotopic (exact) mass is 256 g/mol. The van der Waals surface area contributed by atoms with E-state index < -0.39 is 5.97 Å². The van der Waals surface area contributed by atoms with Gasteiger partial charge < -0.3 is 5.11 Å². The van der Waals surface area contributed by atoms with Gasteiger partial charge in [-0.15, -0.1) is 11.3 Å². The van der Waals surface area contributed by atoms with Crippen molar-refractivity contribution in [1.82, 2.24) is 0 Å². The van der Waals surface area contributed by atoms with Gasteiger partial charge in [0.1, 0.15) is 10.2 Å². The molecule has 1 aromatic heterocycles. The second-order valence-corrected chi connectivity index (χ2v) is 4.59. The zero-order chi connectivity index (χ0) is 11.7. The van der Waals surface area contributed by atoms with Crippen molar-refractivity contribution in [3.63, 3.8) is 0 Å². The van der Waals surface area contributed by atoms with Crippen LogP contribution in [0.1, 0.15) is 10.4 Å². The SMILES string of the molecule is O=C(O)c1c(-c2ccc(F)cc2)csc1Cl. The van der Waals surface area contributed by atoms with E-state index >= 15 is 0 Å². The van der Waals surface area contributed by atoms with Crippen molar-refractivity contribution in [3.8, 4) is 11.1 Å². The zero-order valence-corrected chi connectivity index (χ0v) is 9.48. The lowest BCUT2D eigenvalue weighted by Crippen LogP contribution is -1.96. The van der Waals surface area contributed by atoms with Crippen LogP contribution in [0.3, 0.4) is 0 Å². The molecular formula is C11H6ClFO2S. The molecular weight excluding hydrogens is 251 g/mol. The smallest absolute Gasteiger partial charge is 0.338 e. The number of carboxylic acids is 1. The van der Waals surface area contributed by atoms with Crippen molar-refractivity contribution < 1.29 is 14.3 Å². The van der Waals surface area contributed by atoms with Gasteiger partial charge in [0.15, 0.2) is 0 Å². The third-order valence-corrected chi connectivity index (χ3v) is 3.34. The molecule has 0 aliphatic rings. The molecule has 2 nitrogen and oxygen atoms in total. The Bertz CT molecular complexity index is 533.